The summed E-state index contributed by atoms with van der Waals surface area (Å²) in [4.78, 5) is 44.6. The third kappa shape index (κ3) is 4.39. The first-order chi connectivity index (χ1) is 16.4. The van der Waals surface area contributed by atoms with Crippen LogP contribution in [0.25, 0.3) is 0 Å². The number of carbonyl (C=O) groups is 3. The lowest BCUT2D eigenvalue weighted by Crippen LogP contribution is -2.56. The fraction of sp³-hybridized carbons (Fsp3) is 0.808. The summed E-state index contributed by atoms with van der Waals surface area (Å²) in [7, 11) is 0. The molecule has 3 aliphatic heterocycles. The number of fused-ring (bicyclic) bond motifs is 1. The van der Waals surface area contributed by atoms with Crippen LogP contribution < -0.4 is 0 Å². The second kappa shape index (κ2) is 11.2. The Labute approximate surface area is 203 Å². The van der Waals surface area contributed by atoms with Crippen LogP contribution in [-0.4, -0.2) is 82.8 Å². The summed E-state index contributed by atoms with van der Waals surface area (Å²) in [5.74, 6) is -2.09. The molecule has 34 heavy (non-hydrogen) atoms. The van der Waals surface area contributed by atoms with E-state index in [1.807, 2.05) is 6.92 Å². The molecule has 192 valence electrons. The standard InChI is InChI=1S/C26H42N2O6/c1-5-9-16-27(15-6-2)23(31)21-26-14-13-25(7-3,34-26)20(24(32)33-8-4)19(26)22(30)28(21)17-11-10-12-18-29/h6,19-21,29H,2,5,7-18H2,1,3-4H3/t19-,20+,21?,25-,26?/m0/s1. The molecule has 1 spiro atoms. The quantitative estimate of drug-likeness (QED) is 0.234. The second-order valence-electron chi connectivity index (χ2n) is 9.83. The van der Waals surface area contributed by atoms with Crippen molar-refractivity contribution < 1.29 is 29.0 Å². The minimum atomic E-state index is -1.01. The van der Waals surface area contributed by atoms with E-state index in [4.69, 9.17) is 14.6 Å². The summed E-state index contributed by atoms with van der Waals surface area (Å²) in [6, 6.07) is -0.760. The fourth-order valence-corrected chi connectivity index (χ4v) is 6.37. The molecule has 2 unspecified atom stereocenters. The zero-order chi connectivity index (χ0) is 24.9. The van der Waals surface area contributed by atoms with Crippen LogP contribution >= 0.6 is 0 Å². The van der Waals surface area contributed by atoms with Gasteiger partial charge in [0.2, 0.25) is 11.8 Å². The SMILES string of the molecule is C=CCN(CCCC)C(=O)C1N(CCCCCO)C(=O)[C@@H]2[C@H](C(=O)OCC)[C@]3(CC)CCC12O3. The largest absolute Gasteiger partial charge is 0.466 e. The molecule has 3 rings (SSSR count). The van der Waals surface area contributed by atoms with E-state index in [1.165, 1.54) is 0 Å². The first-order valence-corrected chi connectivity index (χ1v) is 13.0. The van der Waals surface area contributed by atoms with Gasteiger partial charge in [-0.05, 0) is 51.9 Å². The van der Waals surface area contributed by atoms with Gasteiger partial charge in [-0.1, -0.05) is 26.3 Å². The number of nitrogens with zero attached hydrogens (tertiary/aromatic N) is 2. The molecular formula is C26H42N2O6. The average Bonchev–Trinajstić information content (AvgIpc) is 3.43. The molecule has 3 aliphatic rings. The number of hydrogen-bond donors (Lipinski definition) is 1. The van der Waals surface area contributed by atoms with Crippen molar-refractivity contribution in [2.45, 2.75) is 89.4 Å². The molecule has 0 aromatic carbocycles. The third-order valence-corrected chi connectivity index (χ3v) is 7.96. The molecule has 0 saturated carbocycles. The highest BCUT2D eigenvalue weighted by Gasteiger charge is 2.79. The van der Waals surface area contributed by atoms with E-state index >= 15 is 0 Å². The van der Waals surface area contributed by atoms with E-state index in [-0.39, 0.29) is 25.0 Å². The van der Waals surface area contributed by atoms with E-state index in [1.54, 1.807) is 22.8 Å². The second-order valence-corrected chi connectivity index (χ2v) is 9.83. The van der Waals surface area contributed by atoms with E-state index in [0.29, 0.717) is 51.7 Å². The fourth-order valence-electron chi connectivity index (χ4n) is 6.37. The number of ether oxygens (including phenoxy) is 2. The number of hydrogen-bond acceptors (Lipinski definition) is 6. The van der Waals surface area contributed by atoms with E-state index < -0.39 is 35.0 Å². The first kappa shape index (κ1) is 26.7. The predicted octanol–water partition coefficient (Wildman–Crippen LogP) is 2.68. The molecule has 8 heteroatoms. The van der Waals surface area contributed by atoms with Crippen molar-refractivity contribution in [1.82, 2.24) is 9.80 Å². The molecule has 0 radical (unpaired) electrons. The van der Waals surface area contributed by atoms with E-state index in [2.05, 4.69) is 13.5 Å². The molecule has 5 atom stereocenters. The van der Waals surface area contributed by atoms with Crippen LogP contribution in [0.5, 0.6) is 0 Å². The van der Waals surface area contributed by atoms with Crippen LogP contribution in [0.3, 0.4) is 0 Å². The molecular weight excluding hydrogens is 436 g/mol. The molecule has 0 aromatic rings. The molecule has 3 fully saturated rings. The van der Waals surface area contributed by atoms with Gasteiger partial charge in [0.15, 0.2) is 0 Å². The smallest absolute Gasteiger partial charge is 0.312 e. The zero-order valence-corrected chi connectivity index (χ0v) is 21.1. The number of likely N-dealkylation sites (tertiary alicyclic amines) is 1. The van der Waals surface area contributed by atoms with Gasteiger partial charge in [-0.3, -0.25) is 14.4 Å². The summed E-state index contributed by atoms with van der Waals surface area (Å²) in [6.45, 7) is 11.4. The number of aliphatic hydroxyl groups is 1. The summed E-state index contributed by atoms with van der Waals surface area (Å²) >= 11 is 0. The monoisotopic (exact) mass is 478 g/mol. The molecule has 0 aliphatic carbocycles. The lowest BCUT2D eigenvalue weighted by molar-refractivity contribution is -0.161. The third-order valence-electron chi connectivity index (χ3n) is 7.96. The highest BCUT2D eigenvalue weighted by Crippen LogP contribution is 2.64. The average molecular weight is 479 g/mol. The van der Waals surface area contributed by atoms with Crippen LogP contribution in [0.2, 0.25) is 0 Å². The Hall–Kier alpha value is -1.93. The van der Waals surface area contributed by atoms with Gasteiger partial charge < -0.3 is 24.4 Å². The molecule has 2 amide bonds. The topological polar surface area (TPSA) is 96.4 Å². The number of esters is 1. The maximum Gasteiger partial charge on any atom is 0.312 e. The van der Waals surface area contributed by atoms with Crippen molar-refractivity contribution in [3.8, 4) is 0 Å². The van der Waals surface area contributed by atoms with Gasteiger partial charge in [0.25, 0.3) is 0 Å². The van der Waals surface area contributed by atoms with Crippen molar-refractivity contribution in [3.63, 3.8) is 0 Å². The minimum Gasteiger partial charge on any atom is -0.466 e. The van der Waals surface area contributed by atoms with Gasteiger partial charge >= 0.3 is 5.97 Å². The Morgan fingerprint density at radius 3 is 2.62 bits per heavy atom. The predicted molar refractivity (Wildman–Crippen MR) is 128 cm³/mol. The molecule has 3 saturated heterocycles. The van der Waals surface area contributed by atoms with Crippen LogP contribution in [-0.2, 0) is 23.9 Å². The van der Waals surface area contributed by atoms with Crippen LogP contribution in [0.15, 0.2) is 12.7 Å². The normalized spacial score (nSPS) is 31.6. The zero-order valence-electron chi connectivity index (χ0n) is 21.1. The molecule has 0 aromatic heterocycles. The summed E-state index contributed by atoms with van der Waals surface area (Å²) in [6.07, 6.45) is 7.40. The highest BCUT2D eigenvalue weighted by atomic mass is 16.6. The Bertz CT molecular complexity index is 772. The first-order valence-electron chi connectivity index (χ1n) is 13.0. The lowest BCUT2D eigenvalue weighted by Gasteiger charge is -2.37. The van der Waals surface area contributed by atoms with E-state index in [9.17, 15) is 14.4 Å². The van der Waals surface area contributed by atoms with Crippen molar-refractivity contribution in [3.05, 3.63) is 12.7 Å². The minimum absolute atomic E-state index is 0.0973. The number of amides is 2. The van der Waals surface area contributed by atoms with Gasteiger partial charge in [-0.25, -0.2) is 0 Å². The van der Waals surface area contributed by atoms with Crippen molar-refractivity contribution in [2.75, 3.05) is 32.8 Å². The number of aliphatic hydroxyl groups excluding tert-OH is 1. The Morgan fingerprint density at radius 1 is 1.24 bits per heavy atom. The number of rotatable bonds is 14. The summed E-state index contributed by atoms with van der Waals surface area (Å²) < 4.78 is 12.1. The lowest BCUT2D eigenvalue weighted by atomic mass is 9.65. The Kier molecular flexibility index (Phi) is 8.79. The summed E-state index contributed by atoms with van der Waals surface area (Å²) in [5.41, 5.74) is -1.77. The van der Waals surface area contributed by atoms with E-state index in [0.717, 1.165) is 19.3 Å². The highest BCUT2D eigenvalue weighted by molar-refractivity contribution is 5.98. The molecule has 1 N–H and O–H groups in total. The number of unbranched alkanes of at least 4 members (excludes halogenated alkanes) is 3. The van der Waals surface area contributed by atoms with Gasteiger partial charge in [0.1, 0.15) is 17.6 Å². The van der Waals surface area contributed by atoms with Gasteiger partial charge in [-0.15, -0.1) is 6.58 Å². The Morgan fingerprint density at radius 2 is 2.00 bits per heavy atom. The van der Waals surface area contributed by atoms with Crippen molar-refractivity contribution >= 4 is 17.8 Å². The van der Waals surface area contributed by atoms with Crippen molar-refractivity contribution in [1.29, 1.82) is 0 Å². The van der Waals surface area contributed by atoms with Gasteiger partial charge in [-0.2, -0.15) is 0 Å². The molecule has 2 bridgehead atoms. The maximum absolute atomic E-state index is 14.1. The van der Waals surface area contributed by atoms with Crippen LogP contribution in [0, 0.1) is 11.8 Å². The van der Waals surface area contributed by atoms with Gasteiger partial charge in [0, 0.05) is 26.2 Å². The van der Waals surface area contributed by atoms with Crippen molar-refractivity contribution in [2.24, 2.45) is 11.8 Å². The maximum atomic E-state index is 14.1. The van der Waals surface area contributed by atoms with Crippen LogP contribution in [0.4, 0.5) is 0 Å². The molecule has 8 nitrogen and oxygen atoms in total. The van der Waals surface area contributed by atoms with Gasteiger partial charge in [0.05, 0.1) is 18.1 Å². The van der Waals surface area contributed by atoms with Crippen LogP contribution in [0.1, 0.15) is 72.1 Å². The molecule has 3 heterocycles. The summed E-state index contributed by atoms with van der Waals surface area (Å²) in [5, 5.41) is 9.16. The number of carbonyl (C=O) groups excluding carboxylic acids is 3. The Balaban J connectivity index is 2.01.